The smallest absolute Gasteiger partial charge is 0.225 e. The Kier molecular flexibility index (Phi) is 5.31. The lowest BCUT2D eigenvalue weighted by molar-refractivity contribution is -0.121. The van der Waals surface area contributed by atoms with Crippen molar-refractivity contribution in [3.63, 3.8) is 0 Å². The number of benzene rings is 2. The van der Waals surface area contributed by atoms with E-state index in [4.69, 9.17) is 4.74 Å². The minimum atomic E-state index is -0.395. The average Bonchev–Trinajstić information content (AvgIpc) is 3.07. The van der Waals surface area contributed by atoms with E-state index < -0.39 is 6.04 Å². The Bertz CT molecular complexity index is 873. The zero-order valence-corrected chi connectivity index (χ0v) is 14.6. The molecule has 0 bridgehead atoms. The van der Waals surface area contributed by atoms with Gasteiger partial charge in [0.05, 0.1) is 13.5 Å². The van der Waals surface area contributed by atoms with Crippen LogP contribution in [0.2, 0.25) is 0 Å². The van der Waals surface area contributed by atoms with E-state index in [-0.39, 0.29) is 18.1 Å². The Morgan fingerprint density at radius 3 is 2.46 bits per heavy atom. The number of nitrogens with zero attached hydrogens (tertiary/aromatic N) is 2. The first kappa shape index (κ1) is 17.7. The normalized spacial score (nSPS) is 11.8. The third kappa shape index (κ3) is 4.08. The number of rotatable bonds is 6. The molecule has 0 aliphatic rings. The van der Waals surface area contributed by atoms with Crippen LogP contribution < -0.4 is 10.1 Å². The molecular formula is C20H20FN3O2. The predicted molar refractivity (Wildman–Crippen MR) is 96.3 cm³/mol. The summed E-state index contributed by atoms with van der Waals surface area (Å²) in [5, 5.41) is 3.02. The van der Waals surface area contributed by atoms with Gasteiger partial charge in [-0.25, -0.2) is 9.37 Å². The zero-order valence-electron chi connectivity index (χ0n) is 14.6. The van der Waals surface area contributed by atoms with Gasteiger partial charge in [-0.1, -0.05) is 24.3 Å². The topological polar surface area (TPSA) is 56.1 Å². The number of methoxy groups -OCH3 is 1. The van der Waals surface area contributed by atoms with Gasteiger partial charge in [0.15, 0.2) is 0 Å². The van der Waals surface area contributed by atoms with E-state index in [1.54, 1.807) is 25.4 Å². The van der Waals surface area contributed by atoms with E-state index >= 15 is 0 Å². The second kappa shape index (κ2) is 7.82. The lowest BCUT2D eigenvalue weighted by Crippen LogP contribution is -2.32. The van der Waals surface area contributed by atoms with E-state index in [0.29, 0.717) is 0 Å². The third-order valence-electron chi connectivity index (χ3n) is 4.15. The molecule has 1 N–H and O–H groups in total. The Labute approximate surface area is 151 Å². The summed E-state index contributed by atoms with van der Waals surface area (Å²) in [4.78, 5) is 16.9. The summed E-state index contributed by atoms with van der Waals surface area (Å²) < 4.78 is 20.1. The second-order valence-corrected chi connectivity index (χ2v) is 5.97. The van der Waals surface area contributed by atoms with Crippen LogP contribution in [0, 0.1) is 5.82 Å². The van der Waals surface area contributed by atoms with E-state index in [9.17, 15) is 9.18 Å². The fraction of sp³-hybridized carbons (Fsp3) is 0.200. The second-order valence-electron chi connectivity index (χ2n) is 5.97. The molecule has 0 aliphatic carbocycles. The molecule has 6 heteroatoms. The minimum absolute atomic E-state index is 0.164. The number of carbonyl (C=O) groups is 1. The molecule has 1 aromatic heterocycles. The first-order valence-corrected chi connectivity index (χ1v) is 8.22. The van der Waals surface area contributed by atoms with Crippen molar-refractivity contribution in [2.24, 2.45) is 7.05 Å². The van der Waals surface area contributed by atoms with Crippen LogP contribution in [0.1, 0.15) is 23.0 Å². The van der Waals surface area contributed by atoms with Crippen molar-refractivity contribution in [3.05, 3.63) is 83.7 Å². The van der Waals surface area contributed by atoms with Crippen LogP contribution in [0.5, 0.6) is 5.75 Å². The van der Waals surface area contributed by atoms with Gasteiger partial charge in [-0.15, -0.1) is 0 Å². The fourth-order valence-corrected chi connectivity index (χ4v) is 2.75. The molecule has 0 spiro atoms. The maximum absolute atomic E-state index is 13.0. The molecule has 1 amide bonds. The van der Waals surface area contributed by atoms with Gasteiger partial charge in [-0.05, 0) is 35.4 Å². The molecule has 134 valence electrons. The van der Waals surface area contributed by atoms with Crippen LogP contribution >= 0.6 is 0 Å². The number of aromatic nitrogens is 2. The van der Waals surface area contributed by atoms with Crippen LogP contribution in [-0.4, -0.2) is 22.6 Å². The molecule has 26 heavy (non-hydrogen) atoms. The number of amides is 1. The summed E-state index contributed by atoms with van der Waals surface area (Å²) in [6, 6.07) is 13.0. The fourth-order valence-electron chi connectivity index (χ4n) is 2.75. The molecule has 3 aromatic rings. The molecule has 1 heterocycles. The summed E-state index contributed by atoms with van der Waals surface area (Å²) in [7, 11) is 3.49. The van der Waals surface area contributed by atoms with Crippen molar-refractivity contribution in [2.75, 3.05) is 7.11 Å². The molecule has 0 saturated carbocycles. The lowest BCUT2D eigenvalue weighted by atomic mass is 10.0. The number of aryl methyl sites for hydroxylation is 1. The van der Waals surface area contributed by atoms with Gasteiger partial charge >= 0.3 is 0 Å². The van der Waals surface area contributed by atoms with Crippen LogP contribution in [0.3, 0.4) is 0 Å². The monoisotopic (exact) mass is 353 g/mol. The quantitative estimate of drug-likeness (QED) is 0.741. The van der Waals surface area contributed by atoms with Crippen LogP contribution in [0.4, 0.5) is 4.39 Å². The van der Waals surface area contributed by atoms with Crippen molar-refractivity contribution >= 4 is 5.91 Å². The first-order valence-electron chi connectivity index (χ1n) is 8.22. The summed E-state index contributed by atoms with van der Waals surface area (Å²) >= 11 is 0. The number of ether oxygens (including phenoxy) is 1. The number of imidazole rings is 1. The number of hydrogen-bond acceptors (Lipinski definition) is 3. The van der Waals surface area contributed by atoms with E-state index in [0.717, 1.165) is 22.7 Å². The van der Waals surface area contributed by atoms with Gasteiger partial charge in [0.25, 0.3) is 0 Å². The zero-order chi connectivity index (χ0) is 18.5. The molecule has 0 radical (unpaired) electrons. The Morgan fingerprint density at radius 2 is 1.88 bits per heavy atom. The van der Waals surface area contributed by atoms with Crippen LogP contribution in [-0.2, 0) is 18.3 Å². The Hall–Kier alpha value is -3.15. The predicted octanol–water partition coefficient (Wildman–Crippen LogP) is 3.02. The molecule has 2 aromatic carbocycles. The molecule has 1 atom stereocenters. The molecule has 0 saturated heterocycles. The van der Waals surface area contributed by atoms with Crippen molar-refractivity contribution < 1.29 is 13.9 Å². The Morgan fingerprint density at radius 1 is 1.19 bits per heavy atom. The van der Waals surface area contributed by atoms with Gasteiger partial charge in [0.1, 0.15) is 23.4 Å². The molecule has 0 fully saturated rings. The van der Waals surface area contributed by atoms with Crippen molar-refractivity contribution in [3.8, 4) is 5.75 Å². The molecular weight excluding hydrogens is 333 g/mol. The van der Waals surface area contributed by atoms with Gasteiger partial charge in [0.2, 0.25) is 5.91 Å². The maximum atomic E-state index is 13.0. The maximum Gasteiger partial charge on any atom is 0.225 e. The van der Waals surface area contributed by atoms with Gasteiger partial charge in [-0.3, -0.25) is 4.79 Å². The first-order chi connectivity index (χ1) is 12.6. The average molecular weight is 353 g/mol. The molecule has 3 rings (SSSR count). The number of carbonyl (C=O) groups excluding carboxylic acids is 1. The highest BCUT2D eigenvalue weighted by molar-refractivity contribution is 5.79. The van der Waals surface area contributed by atoms with E-state index in [1.165, 1.54) is 12.1 Å². The highest BCUT2D eigenvalue weighted by Gasteiger charge is 2.21. The van der Waals surface area contributed by atoms with Crippen molar-refractivity contribution in [1.82, 2.24) is 14.9 Å². The van der Waals surface area contributed by atoms with Crippen LogP contribution in [0.15, 0.2) is 60.9 Å². The van der Waals surface area contributed by atoms with Crippen molar-refractivity contribution in [2.45, 2.75) is 12.5 Å². The van der Waals surface area contributed by atoms with Crippen molar-refractivity contribution in [1.29, 1.82) is 0 Å². The third-order valence-corrected chi connectivity index (χ3v) is 4.15. The number of nitrogens with one attached hydrogen (secondary N) is 1. The van der Waals surface area contributed by atoms with E-state index in [2.05, 4.69) is 10.3 Å². The number of hydrogen-bond donors (Lipinski definition) is 1. The molecule has 5 nitrogen and oxygen atoms in total. The number of halogens is 1. The highest BCUT2D eigenvalue weighted by Crippen LogP contribution is 2.23. The summed E-state index contributed by atoms with van der Waals surface area (Å²) in [6.07, 6.45) is 3.69. The largest absolute Gasteiger partial charge is 0.497 e. The highest BCUT2D eigenvalue weighted by atomic mass is 19.1. The summed E-state index contributed by atoms with van der Waals surface area (Å²) in [5.74, 6) is 0.978. The molecule has 1 unspecified atom stereocenters. The summed E-state index contributed by atoms with van der Waals surface area (Å²) in [5.41, 5.74) is 1.64. The molecule has 0 aliphatic heterocycles. The van der Waals surface area contributed by atoms with Gasteiger partial charge < -0.3 is 14.6 Å². The Balaban J connectivity index is 1.82. The van der Waals surface area contributed by atoms with Crippen LogP contribution in [0.25, 0.3) is 0 Å². The SMILES string of the molecule is COc1ccc(C(NC(=O)Cc2ccc(F)cc2)c2nccn2C)cc1. The lowest BCUT2D eigenvalue weighted by Gasteiger charge is -2.19. The summed E-state index contributed by atoms with van der Waals surface area (Å²) in [6.45, 7) is 0. The van der Waals surface area contributed by atoms with Gasteiger partial charge in [-0.2, -0.15) is 0 Å². The van der Waals surface area contributed by atoms with E-state index in [1.807, 2.05) is 42.1 Å². The minimum Gasteiger partial charge on any atom is -0.497 e. The standard InChI is InChI=1S/C20H20FN3O2/c1-24-12-11-22-20(24)19(15-5-9-17(26-2)10-6-15)23-18(25)13-14-3-7-16(21)8-4-14/h3-12,19H,13H2,1-2H3,(H,23,25). The van der Waals surface area contributed by atoms with Gasteiger partial charge in [0, 0.05) is 19.4 Å².